The van der Waals surface area contributed by atoms with Crippen molar-refractivity contribution in [1.82, 2.24) is 4.98 Å². The van der Waals surface area contributed by atoms with Crippen molar-refractivity contribution in [3.8, 4) is 11.3 Å². The van der Waals surface area contributed by atoms with Crippen LogP contribution in [0.1, 0.15) is 11.3 Å². The predicted molar refractivity (Wildman–Crippen MR) is 62.3 cm³/mol. The number of rotatable bonds is 2. The van der Waals surface area contributed by atoms with Crippen molar-refractivity contribution in [3.63, 3.8) is 0 Å². The van der Waals surface area contributed by atoms with Crippen LogP contribution in [0.5, 0.6) is 0 Å². The van der Waals surface area contributed by atoms with Crippen molar-refractivity contribution in [2.24, 2.45) is 5.73 Å². The van der Waals surface area contributed by atoms with Crippen LogP contribution in [0.3, 0.4) is 0 Å². The molecule has 4 heteroatoms. The second-order valence-corrected chi connectivity index (χ2v) is 4.21. The first-order valence-electron chi connectivity index (χ1n) is 4.61. The maximum atomic E-state index is 5.59. The van der Waals surface area contributed by atoms with Gasteiger partial charge in [0.1, 0.15) is 5.69 Å². The van der Waals surface area contributed by atoms with Crippen LogP contribution in [0, 0.1) is 6.92 Å². The Labute approximate surface area is 96.4 Å². The number of nitrogens with two attached hydrogens (primary N) is 1. The molecule has 0 saturated heterocycles. The molecule has 3 nitrogen and oxygen atoms in total. The lowest BCUT2D eigenvalue weighted by Gasteiger charge is -2.04. The van der Waals surface area contributed by atoms with Crippen LogP contribution in [-0.4, -0.2) is 4.98 Å². The highest BCUT2D eigenvalue weighted by molar-refractivity contribution is 9.10. The fraction of sp³-hybridized carbons (Fsp3) is 0.182. The topological polar surface area (TPSA) is 52.0 Å². The number of hydrogen-bond donors (Lipinski definition) is 1. The predicted octanol–water partition coefficient (Wildman–Crippen LogP) is 2.87. The molecule has 0 radical (unpaired) electrons. The number of halogens is 1. The molecule has 0 unspecified atom stereocenters. The molecule has 15 heavy (non-hydrogen) atoms. The molecular formula is C11H11BrN2O. The summed E-state index contributed by atoms with van der Waals surface area (Å²) in [4.78, 5) is 4.07. The standard InChI is InChI=1S/C11H11BrN2O/c1-7-2-3-8(12)4-9(7)11-10(5-13)14-6-15-11/h2-4,6H,5,13H2,1H3. The minimum absolute atomic E-state index is 0.387. The SMILES string of the molecule is Cc1ccc(Br)cc1-c1ocnc1CN. The molecule has 0 atom stereocenters. The smallest absolute Gasteiger partial charge is 0.181 e. The zero-order valence-corrected chi connectivity index (χ0v) is 9.91. The zero-order valence-electron chi connectivity index (χ0n) is 8.33. The molecule has 1 heterocycles. The Morgan fingerprint density at radius 3 is 3.00 bits per heavy atom. The highest BCUT2D eigenvalue weighted by Crippen LogP contribution is 2.28. The summed E-state index contributed by atoms with van der Waals surface area (Å²) in [5, 5.41) is 0. The molecule has 2 aromatic rings. The van der Waals surface area contributed by atoms with E-state index in [1.165, 1.54) is 6.39 Å². The summed E-state index contributed by atoms with van der Waals surface area (Å²) in [7, 11) is 0. The Hall–Kier alpha value is -1.13. The number of aryl methyl sites for hydroxylation is 1. The number of nitrogens with zero attached hydrogens (tertiary/aromatic N) is 1. The summed E-state index contributed by atoms with van der Waals surface area (Å²) in [5.41, 5.74) is 8.55. The van der Waals surface area contributed by atoms with Gasteiger partial charge in [0.2, 0.25) is 0 Å². The Morgan fingerprint density at radius 1 is 1.47 bits per heavy atom. The van der Waals surface area contributed by atoms with Gasteiger partial charge in [0.25, 0.3) is 0 Å². The molecule has 2 N–H and O–H groups in total. The number of hydrogen-bond acceptors (Lipinski definition) is 3. The average Bonchev–Trinajstić information content (AvgIpc) is 2.69. The van der Waals surface area contributed by atoms with E-state index in [0.717, 1.165) is 27.1 Å². The molecule has 1 aromatic carbocycles. The Morgan fingerprint density at radius 2 is 2.27 bits per heavy atom. The van der Waals surface area contributed by atoms with E-state index in [9.17, 15) is 0 Å². The van der Waals surface area contributed by atoms with Crippen LogP contribution in [0.2, 0.25) is 0 Å². The van der Waals surface area contributed by atoms with E-state index in [0.29, 0.717) is 6.54 Å². The van der Waals surface area contributed by atoms with Crippen molar-refractivity contribution in [1.29, 1.82) is 0 Å². The van der Waals surface area contributed by atoms with Gasteiger partial charge < -0.3 is 10.2 Å². The molecule has 0 aliphatic heterocycles. The maximum Gasteiger partial charge on any atom is 0.181 e. The van der Waals surface area contributed by atoms with Crippen molar-refractivity contribution in [2.45, 2.75) is 13.5 Å². The van der Waals surface area contributed by atoms with Gasteiger partial charge in [-0.25, -0.2) is 4.98 Å². The molecule has 0 spiro atoms. The van der Waals surface area contributed by atoms with Gasteiger partial charge in [0.15, 0.2) is 12.2 Å². The molecule has 78 valence electrons. The molecule has 2 rings (SSSR count). The minimum Gasteiger partial charge on any atom is -0.443 e. The maximum absolute atomic E-state index is 5.59. The van der Waals surface area contributed by atoms with Gasteiger partial charge in [-0.1, -0.05) is 22.0 Å². The lowest BCUT2D eigenvalue weighted by atomic mass is 10.1. The van der Waals surface area contributed by atoms with Gasteiger partial charge >= 0.3 is 0 Å². The van der Waals surface area contributed by atoms with Gasteiger partial charge in [-0.2, -0.15) is 0 Å². The molecule has 0 saturated carbocycles. The Balaban J connectivity index is 2.58. The van der Waals surface area contributed by atoms with Crippen LogP contribution >= 0.6 is 15.9 Å². The third-order valence-electron chi connectivity index (χ3n) is 2.28. The summed E-state index contributed by atoms with van der Waals surface area (Å²) in [6.07, 6.45) is 1.43. The summed E-state index contributed by atoms with van der Waals surface area (Å²) >= 11 is 3.44. The normalized spacial score (nSPS) is 10.6. The van der Waals surface area contributed by atoms with E-state index in [1.807, 2.05) is 25.1 Å². The molecular weight excluding hydrogens is 256 g/mol. The van der Waals surface area contributed by atoms with Gasteiger partial charge in [-0.05, 0) is 24.6 Å². The molecule has 1 aromatic heterocycles. The monoisotopic (exact) mass is 266 g/mol. The van der Waals surface area contributed by atoms with Crippen molar-refractivity contribution >= 4 is 15.9 Å². The number of oxazole rings is 1. The Bertz CT molecular complexity index is 479. The van der Waals surface area contributed by atoms with E-state index >= 15 is 0 Å². The van der Waals surface area contributed by atoms with Gasteiger partial charge in [0, 0.05) is 16.6 Å². The van der Waals surface area contributed by atoms with Crippen molar-refractivity contribution in [2.75, 3.05) is 0 Å². The quantitative estimate of drug-likeness (QED) is 0.910. The van der Waals surface area contributed by atoms with E-state index in [4.69, 9.17) is 10.2 Å². The van der Waals surface area contributed by atoms with E-state index in [-0.39, 0.29) is 0 Å². The van der Waals surface area contributed by atoms with Crippen LogP contribution in [0.25, 0.3) is 11.3 Å². The second-order valence-electron chi connectivity index (χ2n) is 3.29. The first kappa shape index (κ1) is 10.4. The third kappa shape index (κ3) is 1.96. The summed E-state index contributed by atoms with van der Waals surface area (Å²) < 4.78 is 6.38. The van der Waals surface area contributed by atoms with Crippen LogP contribution in [-0.2, 0) is 6.54 Å². The van der Waals surface area contributed by atoms with Crippen LogP contribution < -0.4 is 5.73 Å². The van der Waals surface area contributed by atoms with E-state index in [2.05, 4.69) is 20.9 Å². The first-order valence-corrected chi connectivity index (χ1v) is 5.40. The minimum atomic E-state index is 0.387. The third-order valence-corrected chi connectivity index (χ3v) is 2.77. The highest BCUT2D eigenvalue weighted by atomic mass is 79.9. The van der Waals surface area contributed by atoms with Gasteiger partial charge in [-0.15, -0.1) is 0 Å². The largest absolute Gasteiger partial charge is 0.443 e. The fourth-order valence-electron chi connectivity index (χ4n) is 1.47. The summed E-state index contributed by atoms with van der Waals surface area (Å²) in [6, 6.07) is 6.04. The number of benzene rings is 1. The summed E-state index contributed by atoms with van der Waals surface area (Å²) in [6.45, 7) is 2.42. The molecule has 0 amide bonds. The van der Waals surface area contributed by atoms with Gasteiger partial charge in [0.05, 0.1) is 0 Å². The molecule has 0 aliphatic rings. The first-order chi connectivity index (χ1) is 7.22. The molecule has 0 bridgehead atoms. The lowest BCUT2D eigenvalue weighted by Crippen LogP contribution is -1.98. The van der Waals surface area contributed by atoms with Crippen molar-refractivity contribution < 1.29 is 4.42 Å². The van der Waals surface area contributed by atoms with Crippen LogP contribution in [0.15, 0.2) is 33.5 Å². The van der Waals surface area contributed by atoms with Crippen LogP contribution in [0.4, 0.5) is 0 Å². The van der Waals surface area contributed by atoms with E-state index in [1.54, 1.807) is 0 Å². The molecule has 0 aliphatic carbocycles. The summed E-state index contributed by atoms with van der Waals surface area (Å²) in [5.74, 6) is 0.760. The van der Waals surface area contributed by atoms with Crippen molar-refractivity contribution in [3.05, 3.63) is 40.3 Å². The zero-order chi connectivity index (χ0) is 10.8. The highest BCUT2D eigenvalue weighted by Gasteiger charge is 2.11. The number of aromatic nitrogens is 1. The fourth-order valence-corrected chi connectivity index (χ4v) is 1.83. The lowest BCUT2D eigenvalue weighted by molar-refractivity contribution is 0.570. The molecule has 0 fully saturated rings. The van der Waals surface area contributed by atoms with E-state index < -0.39 is 0 Å². The second kappa shape index (κ2) is 4.16. The average molecular weight is 267 g/mol. The Kier molecular flexibility index (Phi) is 2.88. The van der Waals surface area contributed by atoms with Gasteiger partial charge in [-0.3, -0.25) is 0 Å².